The number of H-pyrrole nitrogens is 1. The van der Waals surface area contributed by atoms with Crippen molar-refractivity contribution in [3.8, 4) is 0 Å². The number of rotatable bonds is 3. The van der Waals surface area contributed by atoms with Gasteiger partial charge in [0.1, 0.15) is 11.4 Å². The number of esters is 1. The number of alkyl halides is 2. The highest BCUT2D eigenvalue weighted by Gasteiger charge is 2.23. The second kappa shape index (κ2) is 4.73. The minimum absolute atomic E-state index is 0.0279. The van der Waals surface area contributed by atoms with Gasteiger partial charge in [0.15, 0.2) is 0 Å². The van der Waals surface area contributed by atoms with Crippen molar-refractivity contribution in [2.75, 3.05) is 12.3 Å². The van der Waals surface area contributed by atoms with Gasteiger partial charge in [-0.1, -0.05) is 0 Å². The summed E-state index contributed by atoms with van der Waals surface area (Å²) in [6.07, 6.45) is -2.97. The first-order valence-corrected chi connectivity index (χ1v) is 4.45. The Labute approximate surface area is 89.2 Å². The zero-order chi connectivity index (χ0) is 12.3. The lowest BCUT2D eigenvalue weighted by Gasteiger charge is -2.09. The average molecular weight is 232 g/mol. The molecule has 0 bridgehead atoms. The number of hydrogen-bond acceptors (Lipinski definition) is 4. The zero-order valence-corrected chi connectivity index (χ0v) is 8.42. The third kappa shape index (κ3) is 2.36. The highest BCUT2D eigenvalue weighted by Crippen LogP contribution is 2.24. The van der Waals surface area contributed by atoms with Crippen molar-refractivity contribution >= 4 is 11.8 Å². The maximum absolute atomic E-state index is 12.6. The Morgan fingerprint density at radius 1 is 1.62 bits per heavy atom. The van der Waals surface area contributed by atoms with Gasteiger partial charge in [-0.3, -0.25) is 4.79 Å². The fraction of sp³-hybridized carbons (Fsp3) is 0.333. The molecule has 0 unspecified atom stereocenters. The van der Waals surface area contributed by atoms with E-state index in [-0.39, 0.29) is 6.61 Å². The highest BCUT2D eigenvalue weighted by atomic mass is 19.3. The Morgan fingerprint density at radius 2 is 2.25 bits per heavy atom. The van der Waals surface area contributed by atoms with E-state index in [0.29, 0.717) is 6.07 Å². The summed E-state index contributed by atoms with van der Waals surface area (Å²) in [7, 11) is 0. The fourth-order valence-electron chi connectivity index (χ4n) is 1.20. The lowest BCUT2D eigenvalue weighted by molar-refractivity contribution is 0.0516. The largest absolute Gasteiger partial charge is 0.462 e. The van der Waals surface area contributed by atoms with Crippen LogP contribution in [0.1, 0.15) is 29.3 Å². The van der Waals surface area contributed by atoms with Gasteiger partial charge in [0, 0.05) is 11.6 Å². The second-order valence-electron chi connectivity index (χ2n) is 2.90. The molecule has 88 valence electrons. The number of ether oxygens (including phenoxy) is 1. The molecule has 0 amide bonds. The number of anilines is 1. The van der Waals surface area contributed by atoms with Gasteiger partial charge < -0.3 is 15.5 Å². The van der Waals surface area contributed by atoms with Crippen LogP contribution in [0.25, 0.3) is 0 Å². The molecule has 0 radical (unpaired) electrons. The second-order valence-corrected chi connectivity index (χ2v) is 2.90. The highest BCUT2D eigenvalue weighted by molar-refractivity contribution is 5.95. The van der Waals surface area contributed by atoms with Crippen molar-refractivity contribution in [1.29, 1.82) is 0 Å². The van der Waals surface area contributed by atoms with Crippen LogP contribution in [0.2, 0.25) is 0 Å². The molecule has 0 aliphatic rings. The van der Waals surface area contributed by atoms with Gasteiger partial charge in [-0.05, 0) is 6.92 Å². The van der Waals surface area contributed by atoms with Crippen LogP contribution in [0.5, 0.6) is 0 Å². The quantitative estimate of drug-likeness (QED) is 0.763. The van der Waals surface area contributed by atoms with Crippen molar-refractivity contribution in [3.05, 3.63) is 27.5 Å². The third-order valence-corrected chi connectivity index (χ3v) is 1.82. The van der Waals surface area contributed by atoms with Gasteiger partial charge in [-0.25, -0.2) is 13.6 Å². The number of aromatic amines is 1. The molecule has 0 aliphatic carbocycles. The Bertz CT molecular complexity index is 457. The van der Waals surface area contributed by atoms with Crippen LogP contribution < -0.4 is 11.3 Å². The van der Waals surface area contributed by atoms with E-state index in [9.17, 15) is 18.4 Å². The minimum atomic E-state index is -2.97. The molecule has 0 aromatic carbocycles. The summed E-state index contributed by atoms with van der Waals surface area (Å²) in [5.41, 5.74) is 3.30. The lowest BCUT2D eigenvalue weighted by atomic mass is 10.1. The Kier molecular flexibility index (Phi) is 3.60. The van der Waals surface area contributed by atoms with Gasteiger partial charge in [0.2, 0.25) is 5.56 Å². The Balaban J connectivity index is 3.35. The van der Waals surface area contributed by atoms with Crippen LogP contribution in [0.4, 0.5) is 14.6 Å². The first-order chi connectivity index (χ1) is 7.47. The molecular formula is C9H10F2N2O3. The van der Waals surface area contributed by atoms with Crippen LogP contribution in [0.3, 0.4) is 0 Å². The van der Waals surface area contributed by atoms with E-state index in [0.717, 1.165) is 0 Å². The topological polar surface area (TPSA) is 85.2 Å². The molecule has 0 spiro atoms. The molecule has 0 saturated carbocycles. The van der Waals surface area contributed by atoms with Crippen LogP contribution in [-0.4, -0.2) is 17.6 Å². The summed E-state index contributed by atoms with van der Waals surface area (Å²) in [5, 5.41) is 0. The van der Waals surface area contributed by atoms with Crippen molar-refractivity contribution in [2.24, 2.45) is 0 Å². The molecule has 1 aromatic rings. The van der Waals surface area contributed by atoms with Crippen molar-refractivity contribution < 1.29 is 18.3 Å². The van der Waals surface area contributed by atoms with E-state index in [2.05, 4.69) is 9.72 Å². The molecule has 1 heterocycles. The van der Waals surface area contributed by atoms with E-state index in [1.807, 2.05) is 0 Å². The van der Waals surface area contributed by atoms with Gasteiger partial charge in [-0.2, -0.15) is 0 Å². The number of carbonyl (C=O) groups excluding carboxylic acids is 1. The van der Waals surface area contributed by atoms with Crippen molar-refractivity contribution in [3.63, 3.8) is 0 Å². The van der Waals surface area contributed by atoms with E-state index in [4.69, 9.17) is 5.73 Å². The minimum Gasteiger partial charge on any atom is -0.462 e. The van der Waals surface area contributed by atoms with E-state index >= 15 is 0 Å². The maximum atomic E-state index is 12.6. The number of aromatic nitrogens is 1. The number of pyridine rings is 1. The normalized spacial score (nSPS) is 10.5. The number of nitrogen functional groups attached to an aromatic ring is 1. The standard InChI is InChI=1S/C9H10F2N2O3/c1-2-16-9(15)6-4(7(10)11)3-5(14)13-8(6)12/h3,7H,2H2,1H3,(H3,12,13,14). The van der Waals surface area contributed by atoms with Crippen molar-refractivity contribution in [1.82, 2.24) is 4.98 Å². The monoisotopic (exact) mass is 232 g/mol. The number of carbonyl (C=O) groups is 1. The zero-order valence-electron chi connectivity index (χ0n) is 8.42. The third-order valence-electron chi connectivity index (χ3n) is 1.82. The summed E-state index contributed by atoms with van der Waals surface area (Å²) in [6, 6.07) is 0.632. The van der Waals surface area contributed by atoms with Crippen LogP contribution >= 0.6 is 0 Å². The molecule has 7 heteroatoms. The number of halogens is 2. The molecule has 0 fully saturated rings. The average Bonchev–Trinajstić information content (AvgIpc) is 2.16. The summed E-state index contributed by atoms with van der Waals surface area (Å²) in [6.45, 7) is 1.56. The molecule has 3 N–H and O–H groups in total. The van der Waals surface area contributed by atoms with Crippen molar-refractivity contribution in [2.45, 2.75) is 13.3 Å². The van der Waals surface area contributed by atoms with Gasteiger partial charge in [0.05, 0.1) is 6.61 Å². The summed E-state index contributed by atoms with van der Waals surface area (Å²) < 4.78 is 29.7. The maximum Gasteiger partial charge on any atom is 0.342 e. The summed E-state index contributed by atoms with van der Waals surface area (Å²) >= 11 is 0. The predicted octanol–water partition coefficient (Wildman–Crippen LogP) is 1.07. The van der Waals surface area contributed by atoms with Crippen LogP contribution in [0, 0.1) is 0 Å². The predicted molar refractivity (Wildman–Crippen MR) is 52.4 cm³/mol. The molecule has 16 heavy (non-hydrogen) atoms. The van der Waals surface area contributed by atoms with E-state index in [1.54, 1.807) is 0 Å². The molecule has 0 aliphatic heterocycles. The number of nitrogens with one attached hydrogen (secondary N) is 1. The molecule has 1 rings (SSSR count). The smallest absolute Gasteiger partial charge is 0.342 e. The van der Waals surface area contributed by atoms with Gasteiger partial charge in [-0.15, -0.1) is 0 Å². The Morgan fingerprint density at radius 3 is 2.75 bits per heavy atom. The molecular weight excluding hydrogens is 222 g/mol. The molecule has 1 aromatic heterocycles. The van der Waals surface area contributed by atoms with E-state index < -0.39 is 34.9 Å². The van der Waals surface area contributed by atoms with Gasteiger partial charge >= 0.3 is 5.97 Å². The summed E-state index contributed by atoms with van der Waals surface area (Å²) in [4.78, 5) is 24.3. The summed E-state index contributed by atoms with van der Waals surface area (Å²) in [5.74, 6) is -1.40. The van der Waals surface area contributed by atoms with Crippen LogP contribution in [0.15, 0.2) is 10.9 Å². The first-order valence-electron chi connectivity index (χ1n) is 4.45. The fourth-order valence-corrected chi connectivity index (χ4v) is 1.20. The number of hydrogen-bond donors (Lipinski definition) is 2. The van der Waals surface area contributed by atoms with Crippen LogP contribution in [-0.2, 0) is 4.74 Å². The molecule has 0 atom stereocenters. The lowest BCUT2D eigenvalue weighted by Crippen LogP contribution is -2.18. The molecule has 0 saturated heterocycles. The van der Waals surface area contributed by atoms with E-state index in [1.165, 1.54) is 6.92 Å². The number of nitrogens with two attached hydrogens (primary N) is 1. The SMILES string of the molecule is CCOC(=O)c1c(C(F)F)cc(=O)[nH]c1N. The Hall–Kier alpha value is -1.92. The molecule has 5 nitrogen and oxygen atoms in total. The first kappa shape index (κ1) is 12.2. The van der Waals surface area contributed by atoms with Gasteiger partial charge in [0.25, 0.3) is 6.43 Å².